The summed E-state index contributed by atoms with van der Waals surface area (Å²) in [5.74, 6) is 0.687. The summed E-state index contributed by atoms with van der Waals surface area (Å²) < 4.78 is 7.13. The van der Waals surface area contributed by atoms with Crippen molar-refractivity contribution in [3.05, 3.63) is 16.8 Å². The second kappa shape index (κ2) is 7.39. The smallest absolute Gasteiger partial charge is 0.242 e. The number of rotatable bonds is 5. The van der Waals surface area contributed by atoms with Gasteiger partial charge < -0.3 is 15.4 Å². The second-order valence-corrected chi connectivity index (χ2v) is 6.74. The number of fused-ring (bicyclic) bond motifs is 1. The van der Waals surface area contributed by atoms with Crippen LogP contribution in [0.25, 0.3) is 11.0 Å². The van der Waals surface area contributed by atoms with Crippen LogP contribution in [0.15, 0.2) is 0 Å². The monoisotopic (exact) mass is 345 g/mol. The number of methoxy groups -OCH3 is 1. The summed E-state index contributed by atoms with van der Waals surface area (Å²) in [6.45, 7) is 5.96. The van der Waals surface area contributed by atoms with Crippen LogP contribution in [0.1, 0.15) is 36.1 Å². The van der Waals surface area contributed by atoms with Crippen LogP contribution in [0.5, 0.6) is 5.88 Å². The minimum absolute atomic E-state index is 0.103. The van der Waals surface area contributed by atoms with E-state index >= 15 is 0 Å². The summed E-state index contributed by atoms with van der Waals surface area (Å²) in [5.41, 5.74) is 3.96. The van der Waals surface area contributed by atoms with Gasteiger partial charge in [-0.3, -0.25) is 4.79 Å². The Morgan fingerprint density at radius 1 is 1.44 bits per heavy atom. The molecule has 0 radical (unpaired) electrons. The van der Waals surface area contributed by atoms with Crippen molar-refractivity contribution in [2.24, 2.45) is 7.05 Å². The molecular formula is C18H27N5O2. The molecule has 0 aliphatic carbocycles. The van der Waals surface area contributed by atoms with Crippen molar-refractivity contribution in [3.8, 4) is 5.88 Å². The molecule has 1 aliphatic heterocycles. The first-order valence-corrected chi connectivity index (χ1v) is 8.88. The lowest BCUT2D eigenvalue weighted by atomic mass is 9.99. The van der Waals surface area contributed by atoms with Gasteiger partial charge >= 0.3 is 0 Å². The summed E-state index contributed by atoms with van der Waals surface area (Å²) in [6.07, 6.45) is 3.31. The number of carbonyl (C=O) groups is 1. The van der Waals surface area contributed by atoms with Gasteiger partial charge in [0.15, 0.2) is 5.65 Å². The molecule has 2 aromatic heterocycles. The topological polar surface area (TPSA) is 81.1 Å². The van der Waals surface area contributed by atoms with E-state index in [1.165, 1.54) is 0 Å². The molecular weight excluding hydrogens is 318 g/mol. The largest absolute Gasteiger partial charge is 0.479 e. The predicted octanol–water partition coefficient (Wildman–Crippen LogP) is 1.39. The molecule has 1 fully saturated rings. The molecule has 25 heavy (non-hydrogen) atoms. The Hall–Kier alpha value is -2.15. The maximum Gasteiger partial charge on any atom is 0.242 e. The summed E-state index contributed by atoms with van der Waals surface area (Å²) in [6, 6.07) is 0.252. The van der Waals surface area contributed by atoms with E-state index in [9.17, 15) is 4.79 Å². The summed E-state index contributed by atoms with van der Waals surface area (Å²) in [4.78, 5) is 17.0. The number of aromatic nitrogens is 3. The van der Waals surface area contributed by atoms with Crippen molar-refractivity contribution >= 4 is 16.9 Å². The first kappa shape index (κ1) is 17.7. The van der Waals surface area contributed by atoms with Crippen LogP contribution in [-0.4, -0.2) is 46.9 Å². The fourth-order valence-electron chi connectivity index (χ4n) is 3.62. The average molecular weight is 345 g/mol. The number of aryl methyl sites for hydroxylation is 3. The number of pyridine rings is 1. The van der Waals surface area contributed by atoms with Gasteiger partial charge in [-0.05, 0) is 50.8 Å². The third-order valence-electron chi connectivity index (χ3n) is 4.98. The predicted molar refractivity (Wildman–Crippen MR) is 96.9 cm³/mol. The van der Waals surface area contributed by atoms with Gasteiger partial charge in [-0.2, -0.15) is 0 Å². The zero-order valence-electron chi connectivity index (χ0n) is 15.5. The van der Waals surface area contributed by atoms with Gasteiger partial charge in [-0.25, -0.2) is 9.67 Å². The van der Waals surface area contributed by atoms with Crippen LogP contribution in [0, 0.1) is 13.8 Å². The van der Waals surface area contributed by atoms with Crippen LogP contribution < -0.4 is 15.4 Å². The van der Waals surface area contributed by atoms with Crippen molar-refractivity contribution in [1.82, 2.24) is 25.4 Å². The van der Waals surface area contributed by atoms with Crippen LogP contribution >= 0.6 is 0 Å². The lowest BCUT2D eigenvalue weighted by Crippen LogP contribution is -2.45. The number of nitrogens with one attached hydrogen (secondary N) is 2. The van der Waals surface area contributed by atoms with Gasteiger partial charge in [0, 0.05) is 31.7 Å². The zero-order valence-corrected chi connectivity index (χ0v) is 15.5. The standard InChI is InChI=1S/C18H27N5O2/c1-11-14(7-8-15(24)21-13-6-5-9-19-10-13)12(2)20-17-16(11)18(25-4)22-23(17)3/h13,19H,5-10H2,1-4H3,(H,21,24)/t13-/m0/s1. The molecule has 0 bridgehead atoms. The maximum absolute atomic E-state index is 12.3. The van der Waals surface area contributed by atoms with Crippen molar-refractivity contribution < 1.29 is 9.53 Å². The molecule has 7 nitrogen and oxygen atoms in total. The average Bonchev–Trinajstić information content (AvgIpc) is 2.91. The number of hydrogen-bond acceptors (Lipinski definition) is 5. The van der Waals surface area contributed by atoms with Crippen molar-refractivity contribution in [2.45, 2.75) is 45.6 Å². The van der Waals surface area contributed by atoms with E-state index in [-0.39, 0.29) is 11.9 Å². The number of carbonyl (C=O) groups excluding carboxylic acids is 1. The summed E-state index contributed by atoms with van der Waals surface area (Å²) in [7, 11) is 3.48. The third kappa shape index (κ3) is 3.61. The normalized spacial score (nSPS) is 17.7. The van der Waals surface area contributed by atoms with E-state index in [4.69, 9.17) is 4.74 Å². The van der Waals surface area contributed by atoms with E-state index < -0.39 is 0 Å². The Bertz CT molecular complexity index is 778. The lowest BCUT2D eigenvalue weighted by Gasteiger charge is -2.23. The van der Waals surface area contributed by atoms with Gasteiger partial charge in [0.25, 0.3) is 0 Å². The van der Waals surface area contributed by atoms with E-state index in [2.05, 4.69) is 27.6 Å². The minimum atomic E-state index is 0.103. The minimum Gasteiger partial charge on any atom is -0.479 e. The molecule has 1 aliphatic rings. The van der Waals surface area contributed by atoms with Gasteiger partial charge in [0.1, 0.15) is 0 Å². The van der Waals surface area contributed by atoms with Crippen LogP contribution in [0.3, 0.4) is 0 Å². The number of nitrogens with zero attached hydrogens (tertiary/aromatic N) is 3. The quantitative estimate of drug-likeness (QED) is 0.856. The van der Waals surface area contributed by atoms with E-state index in [0.29, 0.717) is 18.7 Å². The van der Waals surface area contributed by atoms with E-state index in [1.54, 1.807) is 11.8 Å². The number of hydrogen-bond donors (Lipinski definition) is 2. The molecule has 3 rings (SSSR count). The van der Waals surface area contributed by atoms with Crippen LogP contribution in [0.2, 0.25) is 0 Å². The van der Waals surface area contributed by atoms with Crippen LogP contribution in [-0.2, 0) is 18.3 Å². The van der Waals surface area contributed by atoms with Gasteiger partial charge in [-0.15, -0.1) is 5.10 Å². The van der Waals surface area contributed by atoms with Gasteiger partial charge in [0.2, 0.25) is 11.8 Å². The van der Waals surface area contributed by atoms with E-state index in [0.717, 1.165) is 53.8 Å². The third-order valence-corrected chi connectivity index (χ3v) is 4.98. The Morgan fingerprint density at radius 2 is 2.24 bits per heavy atom. The summed E-state index contributed by atoms with van der Waals surface area (Å²) in [5, 5.41) is 11.8. The fraction of sp³-hybridized carbons (Fsp3) is 0.611. The molecule has 1 amide bonds. The molecule has 7 heteroatoms. The van der Waals surface area contributed by atoms with Crippen molar-refractivity contribution in [3.63, 3.8) is 0 Å². The Labute approximate surface area is 148 Å². The molecule has 0 unspecified atom stereocenters. The molecule has 2 N–H and O–H groups in total. The lowest BCUT2D eigenvalue weighted by molar-refractivity contribution is -0.121. The Morgan fingerprint density at radius 3 is 2.92 bits per heavy atom. The molecule has 1 atom stereocenters. The highest BCUT2D eigenvalue weighted by Crippen LogP contribution is 2.30. The van der Waals surface area contributed by atoms with Crippen molar-refractivity contribution in [2.75, 3.05) is 20.2 Å². The van der Waals surface area contributed by atoms with Gasteiger partial charge in [0.05, 0.1) is 12.5 Å². The summed E-state index contributed by atoms with van der Waals surface area (Å²) >= 11 is 0. The molecule has 0 saturated carbocycles. The van der Waals surface area contributed by atoms with Crippen molar-refractivity contribution in [1.29, 1.82) is 0 Å². The fourth-order valence-corrected chi connectivity index (χ4v) is 3.62. The first-order valence-electron chi connectivity index (χ1n) is 8.88. The van der Waals surface area contributed by atoms with Gasteiger partial charge in [-0.1, -0.05) is 0 Å². The SMILES string of the molecule is COc1nn(C)c2nc(C)c(CCC(=O)N[C@H]3CCCNC3)c(C)c12. The number of ether oxygens (including phenoxy) is 1. The van der Waals surface area contributed by atoms with Crippen LogP contribution in [0.4, 0.5) is 0 Å². The zero-order chi connectivity index (χ0) is 18.0. The molecule has 1 saturated heterocycles. The maximum atomic E-state index is 12.3. The number of piperidine rings is 1. The van der Waals surface area contributed by atoms with E-state index in [1.807, 2.05) is 14.0 Å². The highest BCUT2D eigenvalue weighted by Gasteiger charge is 2.19. The highest BCUT2D eigenvalue weighted by molar-refractivity contribution is 5.86. The Balaban J connectivity index is 1.75. The first-order chi connectivity index (χ1) is 12.0. The Kier molecular flexibility index (Phi) is 5.22. The number of amides is 1. The molecule has 2 aromatic rings. The second-order valence-electron chi connectivity index (χ2n) is 6.74. The molecule has 136 valence electrons. The molecule has 0 aromatic carbocycles. The molecule has 3 heterocycles. The highest BCUT2D eigenvalue weighted by atomic mass is 16.5. The molecule has 0 spiro atoms.